The van der Waals surface area contributed by atoms with Crippen LogP contribution in [0.3, 0.4) is 0 Å². The minimum absolute atomic E-state index is 0.400. The Bertz CT molecular complexity index is 306. The first-order chi connectivity index (χ1) is 8.81. The van der Waals surface area contributed by atoms with Crippen molar-refractivity contribution in [3.63, 3.8) is 0 Å². The Hall–Kier alpha value is -0.760. The Kier molecular flexibility index (Phi) is 7.83. The fourth-order valence-corrected chi connectivity index (χ4v) is 2.32. The number of nitrogens with one attached hydrogen (secondary N) is 1. The number of hydrogen-bond acceptors (Lipinski definition) is 2. The molecule has 1 aromatic rings. The summed E-state index contributed by atoms with van der Waals surface area (Å²) in [6.45, 7) is 7.56. The molecule has 104 valence electrons. The molecule has 0 fully saturated rings. The average molecular weight is 251 g/mol. The predicted molar refractivity (Wildman–Crippen MR) is 77.9 cm³/mol. The molecule has 1 heterocycles. The van der Waals surface area contributed by atoms with E-state index in [1.807, 2.05) is 0 Å². The van der Waals surface area contributed by atoms with Crippen molar-refractivity contribution >= 4 is 0 Å². The van der Waals surface area contributed by atoms with Gasteiger partial charge in [-0.15, -0.1) is 0 Å². The Morgan fingerprint density at radius 1 is 1.06 bits per heavy atom. The molecule has 2 nitrogen and oxygen atoms in total. The highest BCUT2D eigenvalue weighted by atomic mass is 16.3. The fraction of sp³-hybridized carbons (Fsp3) is 0.750. The van der Waals surface area contributed by atoms with Gasteiger partial charge in [-0.1, -0.05) is 52.9 Å². The van der Waals surface area contributed by atoms with Gasteiger partial charge in [-0.05, 0) is 25.1 Å². The molecular weight excluding hydrogens is 222 g/mol. The highest BCUT2D eigenvalue weighted by molar-refractivity contribution is 5.10. The summed E-state index contributed by atoms with van der Waals surface area (Å²) in [7, 11) is 0. The maximum atomic E-state index is 5.86. The summed E-state index contributed by atoms with van der Waals surface area (Å²) < 4.78 is 5.86. The minimum atomic E-state index is 0.400. The number of hydrogen-bond donors (Lipinski definition) is 1. The van der Waals surface area contributed by atoms with Crippen LogP contribution in [0.1, 0.15) is 76.9 Å². The number of furan rings is 1. The molecule has 1 atom stereocenters. The summed E-state index contributed by atoms with van der Waals surface area (Å²) in [5, 5.41) is 3.53. The Balaban J connectivity index is 2.38. The molecule has 0 spiro atoms. The van der Waals surface area contributed by atoms with Gasteiger partial charge in [0.15, 0.2) is 0 Å². The van der Waals surface area contributed by atoms with Crippen LogP contribution in [-0.2, 0) is 6.42 Å². The number of unbranched alkanes of at least 4 members (excludes halogenated alkanes) is 4. The van der Waals surface area contributed by atoms with E-state index >= 15 is 0 Å². The van der Waals surface area contributed by atoms with E-state index in [0.29, 0.717) is 6.04 Å². The van der Waals surface area contributed by atoms with Crippen LogP contribution in [0.15, 0.2) is 16.5 Å². The zero-order valence-corrected chi connectivity index (χ0v) is 12.3. The van der Waals surface area contributed by atoms with Crippen molar-refractivity contribution in [1.29, 1.82) is 0 Å². The first kappa shape index (κ1) is 15.3. The lowest BCUT2D eigenvalue weighted by Crippen LogP contribution is -2.20. The molecule has 1 rings (SSSR count). The average Bonchev–Trinajstić information content (AvgIpc) is 2.86. The summed E-state index contributed by atoms with van der Waals surface area (Å²) in [5.74, 6) is 2.21. The van der Waals surface area contributed by atoms with E-state index < -0.39 is 0 Å². The second-order valence-electron chi connectivity index (χ2n) is 4.97. The van der Waals surface area contributed by atoms with E-state index in [4.69, 9.17) is 4.42 Å². The summed E-state index contributed by atoms with van der Waals surface area (Å²) in [4.78, 5) is 0. The molecule has 0 saturated heterocycles. The van der Waals surface area contributed by atoms with Crippen LogP contribution < -0.4 is 5.32 Å². The van der Waals surface area contributed by atoms with E-state index in [0.717, 1.165) is 24.5 Å². The first-order valence-corrected chi connectivity index (χ1v) is 7.63. The van der Waals surface area contributed by atoms with Crippen LogP contribution in [0.25, 0.3) is 0 Å². The van der Waals surface area contributed by atoms with Crippen LogP contribution in [0.5, 0.6) is 0 Å². The van der Waals surface area contributed by atoms with E-state index in [1.165, 1.54) is 38.5 Å². The van der Waals surface area contributed by atoms with Gasteiger partial charge >= 0.3 is 0 Å². The SMILES string of the molecule is CCCCCCCC(NCC)c1ccc(CC)o1. The fourth-order valence-electron chi connectivity index (χ4n) is 2.32. The largest absolute Gasteiger partial charge is 0.464 e. The van der Waals surface area contributed by atoms with Gasteiger partial charge in [-0.3, -0.25) is 0 Å². The molecule has 1 unspecified atom stereocenters. The highest BCUT2D eigenvalue weighted by Crippen LogP contribution is 2.22. The molecule has 18 heavy (non-hydrogen) atoms. The minimum Gasteiger partial charge on any atom is -0.464 e. The summed E-state index contributed by atoms with van der Waals surface area (Å²) in [6.07, 6.45) is 8.86. The lowest BCUT2D eigenvalue weighted by atomic mass is 10.0. The van der Waals surface area contributed by atoms with Gasteiger partial charge in [0, 0.05) is 6.42 Å². The molecule has 1 aromatic heterocycles. The van der Waals surface area contributed by atoms with Gasteiger partial charge in [-0.25, -0.2) is 0 Å². The molecule has 0 radical (unpaired) electrons. The normalized spacial score (nSPS) is 12.8. The van der Waals surface area contributed by atoms with Crippen molar-refractivity contribution in [2.75, 3.05) is 6.54 Å². The Labute approximate surface area is 112 Å². The van der Waals surface area contributed by atoms with Crippen molar-refractivity contribution in [2.45, 2.75) is 71.8 Å². The van der Waals surface area contributed by atoms with Crippen LogP contribution in [-0.4, -0.2) is 6.54 Å². The standard InChI is InChI=1S/C16H29NO/c1-4-7-8-9-10-11-15(17-6-3)16-13-12-14(5-2)18-16/h12-13,15,17H,4-11H2,1-3H3. The molecule has 2 heteroatoms. The van der Waals surface area contributed by atoms with Crippen molar-refractivity contribution in [1.82, 2.24) is 5.32 Å². The van der Waals surface area contributed by atoms with Crippen molar-refractivity contribution in [3.05, 3.63) is 23.7 Å². The van der Waals surface area contributed by atoms with Gasteiger partial charge in [0.2, 0.25) is 0 Å². The zero-order chi connectivity index (χ0) is 13.2. The first-order valence-electron chi connectivity index (χ1n) is 7.63. The lowest BCUT2D eigenvalue weighted by Gasteiger charge is -2.15. The highest BCUT2D eigenvalue weighted by Gasteiger charge is 2.13. The molecule has 0 aromatic carbocycles. The van der Waals surface area contributed by atoms with E-state index in [9.17, 15) is 0 Å². The number of rotatable bonds is 10. The predicted octanol–water partition coefficient (Wildman–Crippen LogP) is 4.85. The molecule has 0 aliphatic rings. The third kappa shape index (κ3) is 5.26. The maximum Gasteiger partial charge on any atom is 0.121 e. The van der Waals surface area contributed by atoms with Gasteiger partial charge in [0.1, 0.15) is 11.5 Å². The summed E-state index contributed by atoms with van der Waals surface area (Å²) >= 11 is 0. The van der Waals surface area contributed by atoms with E-state index in [1.54, 1.807) is 0 Å². The molecule has 1 N–H and O–H groups in total. The maximum absolute atomic E-state index is 5.86. The number of aryl methyl sites for hydroxylation is 1. The summed E-state index contributed by atoms with van der Waals surface area (Å²) in [5.41, 5.74) is 0. The molecule has 0 aliphatic heterocycles. The molecule has 0 amide bonds. The lowest BCUT2D eigenvalue weighted by molar-refractivity contribution is 0.375. The zero-order valence-electron chi connectivity index (χ0n) is 12.3. The van der Waals surface area contributed by atoms with Gasteiger partial charge in [0.05, 0.1) is 6.04 Å². The van der Waals surface area contributed by atoms with Gasteiger partial charge in [0.25, 0.3) is 0 Å². The topological polar surface area (TPSA) is 25.2 Å². The third-order valence-electron chi connectivity index (χ3n) is 3.42. The molecular formula is C16H29NO. The second-order valence-corrected chi connectivity index (χ2v) is 4.97. The second kappa shape index (κ2) is 9.21. The Morgan fingerprint density at radius 2 is 1.83 bits per heavy atom. The monoisotopic (exact) mass is 251 g/mol. The quantitative estimate of drug-likeness (QED) is 0.601. The molecule has 0 saturated carbocycles. The van der Waals surface area contributed by atoms with Crippen LogP contribution in [0.2, 0.25) is 0 Å². The van der Waals surface area contributed by atoms with Crippen LogP contribution >= 0.6 is 0 Å². The van der Waals surface area contributed by atoms with Gasteiger partial charge in [-0.2, -0.15) is 0 Å². The van der Waals surface area contributed by atoms with Crippen LogP contribution in [0, 0.1) is 0 Å². The smallest absolute Gasteiger partial charge is 0.121 e. The van der Waals surface area contributed by atoms with Crippen molar-refractivity contribution in [2.24, 2.45) is 0 Å². The molecule has 0 bridgehead atoms. The van der Waals surface area contributed by atoms with Crippen LogP contribution in [0.4, 0.5) is 0 Å². The van der Waals surface area contributed by atoms with Gasteiger partial charge < -0.3 is 9.73 Å². The third-order valence-corrected chi connectivity index (χ3v) is 3.42. The summed E-state index contributed by atoms with van der Waals surface area (Å²) in [6, 6.07) is 4.64. The Morgan fingerprint density at radius 3 is 2.44 bits per heavy atom. The van der Waals surface area contributed by atoms with E-state index in [2.05, 4.69) is 38.2 Å². The van der Waals surface area contributed by atoms with Crippen molar-refractivity contribution < 1.29 is 4.42 Å². The molecule has 0 aliphatic carbocycles. The van der Waals surface area contributed by atoms with E-state index in [-0.39, 0.29) is 0 Å². The van der Waals surface area contributed by atoms with Crippen molar-refractivity contribution in [3.8, 4) is 0 Å².